The highest BCUT2D eigenvalue weighted by Crippen LogP contribution is 2.22. The van der Waals surface area contributed by atoms with Crippen LogP contribution in [0, 0.1) is 0 Å². The van der Waals surface area contributed by atoms with E-state index >= 15 is 0 Å². The number of nitrogens with zero attached hydrogens (tertiary/aromatic N) is 6. The van der Waals surface area contributed by atoms with Crippen molar-refractivity contribution in [2.45, 2.75) is 6.92 Å². The molecule has 11 heteroatoms. The third-order valence-corrected chi connectivity index (χ3v) is 4.59. The Morgan fingerprint density at radius 2 is 2.10 bits per heavy atom. The van der Waals surface area contributed by atoms with Crippen LogP contribution >= 0.6 is 12.2 Å². The van der Waals surface area contributed by atoms with Gasteiger partial charge in [0, 0.05) is 38.9 Å². The summed E-state index contributed by atoms with van der Waals surface area (Å²) in [7, 11) is 3.61. The molecule has 0 spiro atoms. The van der Waals surface area contributed by atoms with Crippen LogP contribution in [0.15, 0.2) is 48.0 Å². The molecule has 0 aliphatic heterocycles. The van der Waals surface area contributed by atoms with Crippen molar-refractivity contribution in [2.75, 3.05) is 24.2 Å². The molecule has 0 fully saturated rings. The molecule has 31 heavy (non-hydrogen) atoms. The fraction of sp³-hybridized carbons (Fsp3) is 0.200. The molecule has 0 bridgehead atoms. The van der Waals surface area contributed by atoms with E-state index < -0.39 is 0 Å². The molecule has 0 saturated carbocycles. The van der Waals surface area contributed by atoms with Crippen molar-refractivity contribution in [3.8, 4) is 11.4 Å². The molecule has 1 aromatic carbocycles. The molecule has 0 unspecified atom stereocenters. The fourth-order valence-corrected chi connectivity index (χ4v) is 2.72. The van der Waals surface area contributed by atoms with Crippen molar-refractivity contribution >= 4 is 46.7 Å². The number of aryl methyl sites for hydroxylation is 1. The highest BCUT2D eigenvalue weighted by Gasteiger charge is 2.10. The number of rotatable bonds is 7. The topological polar surface area (TPSA) is 126 Å². The molecule has 0 aliphatic rings. The summed E-state index contributed by atoms with van der Waals surface area (Å²) in [4.78, 5) is 25.1. The van der Waals surface area contributed by atoms with Gasteiger partial charge in [-0.2, -0.15) is 5.10 Å². The maximum absolute atomic E-state index is 11.3. The molecule has 2 aromatic heterocycles. The number of hydrogen-bond acceptors (Lipinski definition) is 8. The number of nitrogens with two attached hydrogens (primary N) is 1. The van der Waals surface area contributed by atoms with Gasteiger partial charge in [0.05, 0.1) is 35.8 Å². The zero-order valence-electron chi connectivity index (χ0n) is 17.4. The van der Waals surface area contributed by atoms with Gasteiger partial charge in [-0.3, -0.25) is 9.80 Å². The number of anilines is 3. The van der Waals surface area contributed by atoms with Gasteiger partial charge in [-0.25, -0.2) is 15.0 Å². The van der Waals surface area contributed by atoms with Crippen LogP contribution in [0.2, 0.25) is 0 Å². The molecule has 0 atom stereocenters. The molecular weight excluding hydrogens is 414 g/mol. The number of hydrazone groups is 1. The SMILES string of the molecule is CC(=O)Nc1cccc(Nc2nc(/C=N/N(C)C(=S)CN)cc(-c3cncn3C)n2)c1. The number of hydrogen-bond donors (Lipinski definition) is 3. The third-order valence-electron chi connectivity index (χ3n) is 4.16. The average molecular weight is 438 g/mol. The van der Waals surface area contributed by atoms with Crippen molar-refractivity contribution < 1.29 is 4.79 Å². The quantitative estimate of drug-likeness (QED) is 0.291. The Morgan fingerprint density at radius 3 is 2.77 bits per heavy atom. The predicted octanol–water partition coefficient (Wildman–Crippen LogP) is 2.13. The third kappa shape index (κ3) is 5.90. The summed E-state index contributed by atoms with van der Waals surface area (Å²) in [6.45, 7) is 1.68. The van der Waals surface area contributed by atoms with Crippen LogP contribution in [-0.2, 0) is 11.8 Å². The van der Waals surface area contributed by atoms with Gasteiger partial charge in [0.15, 0.2) is 0 Å². The molecular formula is C20H23N9OS. The Hall–Kier alpha value is -3.70. The smallest absolute Gasteiger partial charge is 0.228 e. The van der Waals surface area contributed by atoms with Gasteiger partial charge in [-0.1, -0.05) is 18.3 Å². The number of nitrogens with one attached hydrogen (secondary N) is 2. The van der Waals surface area contributed by atoms with E-state index in [2.05, 4.69) is 30.7 Å². The molecule has 3 rings (SSSR count). The standard InChI is InChI=1S/C20H23N9OS/c1-13(30)24-14-5-4-6-15(7-14)25-20-26-16(10-23-29(3)19(31)9-21)8-17(27-20)18-11-22-12-28(18)2/h4-8,10-12H,9,21H2,1-3H3,(H,24,30)(H,25,26,27)/b23-10+. The lowest BCUT2D eigenvalue weighted by Crippen LogP contribution is -2.26. The molecule has 0 radical (unpaired) electrons. The van der Waals surface area contributed by atoms with Gasteiger partial charge in [0.1, 0.15) is 4.99 Å². The largest absolute Gasteiger partial charge is 0.332 e. The average Bonchev–Trinajstić information content (AvgIpc) is 3.17. The lowest BCUT2D eigenvalue weighted by molar-refractivity contribution is -0.114. The van der Waals surface area contributed by atoms with E-state index in [0.717, 1.165) is 11.4 Å². The van der Waals surface area contributed by atoms with Crippen molar-refractivity contribution in [3.05, 3.63) is 48.5 Å². The minimum atomic E-state index is -0.149. The summed E-state index contributed by atoms with van der Waals surface area (Å²) in [6, 6.07) is 9.07. The number of aromatic nitrogens is 4. The number of carbonyl (C=O) groups excluding carboxylic acids is 1. The van der Waals surface area contributed by atoms with E-state index in [9.17, 15) is 4.79 Å². The van der Waals surface area contributed by atoms with Crippen LogP contribution in [0.4, 0.5) is 17.3 Å². The van der Waals surface area contributed by atoms with Crippen LogP contribution < -0.4 is 16.4 Å². The lowest BCUT2D eigenvalue weighted by Gasteiger charge is -2.12. The molecule has 160 valence electrons. The Balaban J connectivity index is 1.95. The number of benzene rings is 1. The van der Waals surface area contributed by atoms with Crippen LogP contribution in [0.1, 0.15) is 12.6 Å². The van der Waals surface area contributed by atoms with Crippen molar-refractivity contribution in [1.29, 1.82) is 0 Å². The monoisotopic (exact) mass is 437 g/mol. The molecule has 10 nitrogen and oxygen atoms in total. The second kappa shape index (κ2) is 9.87. The van der Waals surface area contributed by atoms with Crippen molar-refractivity contribution in [1.82, 2.24) is 24.5 Å². The highest BCUT2D eigenvalue weighted by molar-refractivity contribution is 7.80. The van der Waals surface area contributed by atoms with E-state index in [1.165, 1.54) is 11.9 Å². The van der Waals surface area contributed by atoms with Crippen LogP contribution in [0.25, 0.3) is 11.4 Å². The van der Waals surface area contributed by atoms with Gasteiger partial charge in [-0.15, -0.1) is 0 Å². The minimum absolute atomic E-state index is 0.149. The van der Waals surface area contributed by atoms with E-state index in [0.29, 0.717) is 28.0 Å². The first kappa shape index (κ1) is 22.0. The number of thiocarbonyl (C=S) groups is 1. The van der Waals surface area contributed by atoms with E-state index in [-0.39, 0.29) is 12.5 Å². The fourth-order valence-electron chi connectivity index (χ4n) is 2.67. The summed E-state index contributed by atoms with van der Waals surface area (Å²) in [6.07, 6.45) is 5.01. The highest BCUT2D eigenvalue weighted by atomic mass is 32.1. The van der Waals surface area contributed by atoms with Gasteiger partial charge < -0.3 is 20.9 Å². The molecule has 1 amide bonds. The number of amides is 1. The van der Waals surface area contributed by atoms with Crippen LogP contribution in [0.3, 0.4) is 0 Å². The first-order chi connectivity index (χ1) is 14.9. The van der Waals surface area contributed by atoms with E-state index in [1.54, 1.807) is 44.0 Å². The first-order valence-corrected chi connectivity index (χ1v) is 9.77. The summed E-state index contributed by atoms with van der Waals surface area (Å²) in [5, 5.41) is 11.8. The van der Waals surface area contributed by atoms with Crippen LogP contribution in [-0.4, -0.2) is 55.2 Å². The minimum Gasteiger partial charge on any atom is -0.332 e. The second-order valence-electron chi connectivity index (χ2n) is 6.64. The van der Waals surface area contributed by atoms with Gasteiger partial charge >= 0.3 is 0 Å². The Kier molecular flexibility index (Phi) is 7.00. The summed E-state index contributed by atoms with van der Waals surface area (Å²) < 4.78 is 1.86. The first-order valence-electron chi connectivity index (χ1n) is 9.36. The molecule has 4 N–H and O–H groups in total. The van der Waals surface area contributed by atoms with Gasteiger partial charge in [-0.05, 0) is 24.3 Å². The Labute approximate surface area is 185 Å². The van der Waals surface area contributed by atoms with E-state index in [4.69, 9.17) is 18.0 Å². The maximum Gasteiger partial charge on any atom is 0.228 e. The number of carbonyl (C=O) groups is 1. The number of imidazole rings is 1. The summed E-state index contributed by atoms with van der Waals surface area (Å²) in [5.74, 6) is 0.216. The van der Waals surface area contributed by atoms with Gasteiger partial charge in [0.25, 0.3) is 0 Å². The number of likely N-dealkylation sites (N-methyl/N-ethyl adjacent to an activating group) is 1. The predicted molar refractivity (Wildman–Crippen MR) is 125 cm³/mol. The van der Waals surface area contributed by atoms with Crippen LogP contribution in [0.5, 0.6) is 0 Å². The Bertz CT molecular complexity index is 1130. The van der Waals surface area contributed by atoms with Gasteiger partial charge in [0.2, 0.25) is 11.9 Å². The Morgan fingerprint density at radius 1 is 1.32 bits per heavy atom. The second-order valence-corrected chi connectivity index (χ2v) is 7.12. The normalized spacial score (nSPS) is 10.8. The van der Waals surface area contributed by atoms with E-state index in [1.807, 2.05) is 23.7 Å². The summed E-state index contributed by atoms with van der Waals surface area (Å²) >= 11 is 5.16. The molecule has 0 saturated heterocycles. The maximum atomic E-state index is 11.3. The molecule has 3 aromatic rings. The molecule has 2 heterocycles. The molecule has 0 aliphatic carbocycles. The zero-order valence-corrected chi connectivity index (χ0v) is 18.2. The van der Waals surface area contributed by atoms with Crippen molar-refractivity contribution in [2.24, 2.45) is 17.9 Å². The van der Waals surface area contributed by atoms with Crippen molar-refractivity contribution in [3.63, 3.8) is 0 Å². The zero-order chi connectivity index (χ0) is 22.4. The lowest BCUT2D eigenvalue weighted by atomic mass is 10.2. The summed E-state index contributed by atoms with van der Waals surface area (Å²) in [5.41, 5.74) is 9.01.